The lowest BCUT2D eigenvalue weighted by Gasteiger charge is -2.05. The number of fused-ring (bicyclic) bond motifs is 1. The molecule has 2 aromatic carbocycles. The molecule has 0 aliphatic carbocycles. The lowest BCUT2D eigenvalue weighted by atomic mass is 10.1. The summed E-state index contributed by atoms with van der Waals surface area (Å²) in [6.07, 6.45) is 0. The molecule has 0 spiro atoms. The minimum Gasteiger partial charge on any atom is -0.319 e. The molecule has 2 aromatic heterocycles. The van der Waals surface area contributed by atoms with Gasteiger partial charge < -0.3 is 5.32 Å². The summed E-state index contributed by atoms with van der Waals surface area (Å²) < 4.78 is 1.57. The first-order valence-electron chi connectivity index (χ1n) is 8.28. The average Bonchev–Trinajstić information content (AvgIpc) is 3.08. The monoisotopic (exact) mass is 343 g/mol. The van der Waals surface area contributed by atoms with Gasteiger partial charge >= 0.3 is 0 Å². The number of benzene rings is 2. The molecule has 128 valence electrons. The number of carbonyl (C=O) groups excluding carboxylic acids is 1. The lowest BCUT2D eigenvalue weighted by molar-refractivity contribution is 0.101. The number of nitrogens with zero attached hydrogens (tertiary/aromatic N) is 4. The largest absolute Gasteiger partial charge is 0.319 e. The number of hydrogen-bond acceptors (Lipinski definition) is 4. The smallest absolute Gasteiger partial charge is 0.295 e. The van der Waals surface area contributed by atoms with Crippen LogP contribution >= 0.6 is 0 Å². The van der Waals surface area contributed by atoms with Gasteiger partial charge in [0.25, 0.3) is 11.7 Å². The first kappa shape index (κ1) is 16.0. The summed E-state index contributed by atoms with van der Waals surface area (Å²) >= 11 is 0. The van der Waals surface area contributed by atoms with Gasteiger partial charge in [-0.25, -0.2) is 9.50 Å². The molecule has 0 atom stereocenters. The second-order valence-electron chi connectivity index (χ2n) is 6.08. The zero-order valence-electron chi connectivity index (χ0n) is 14.5. The highest BCUT2D eigenvalue weighted by Gasteiger charge is 2.15. The molecule has 6 nitrogen and oxygen atoms in total. The predicted octanol–water partition coefficient (Wildman–Crippen LogP) is 3.66. The van der Waals surface area contributed by atoms with Crippen LogP contribution in [0.25, 0.3) is 16.9 Å². The number of carbonyl (C=O) groups is 1. The number of aromatic nitrogens is 4. The number of hydrogen-bond donors (Lipinski definition) is 1. The van der Waals surface area contributed by atoms with Crippen LogP contribution in [0.5, 0.6) is 0 Å². The highest BCUT2D eigenvalue weighted by Crippen LogP contribution is 2.21. The second-order valence-corrected chi connectivity index (χ2v) is 6.08. The minimum absolute atomic E-state index is 0.0957. The topological polar surface area (TPSA) is 72.2 Å². The van der Waals surface area contributed by atoms with Gasteiger partial charge in [-0.2, -0.15) is 4.98 Å². The molecule has 0 saturated heterocycles. The summed E-state index contributed by atoms with van der Waals surface area (Å²) in [7, 11) is 0. The molecule has 4 rings (SSSR count). The van der Waals surface area contributed by atoms with E-state index >= 15 is 0 Å². The van der Waals surface area contributed by atoms with Crippen molar-refractivity contribution in [3.05, 3.63) is 77.9 Å². The van der Waals surface area contributed by atoms with Crippen molar-refractivity contribution in [2.75, 3.05) is 5.32 Å². The van der Waals surface area contributed by atoms with Crippen molar-refractivity contribution in [1.29, 1.82) is 0 Å². The van der Waals surface area contributed by atoms with Crippen LogP contribution < -0.4 is 5.32 Å². The average molecular weight is 343 g/mol. The van der Waals surface area contributed by atoms with Gasteiger partial charge in [0.15, 0.2) is 0 Å². The Labute approximate surface area is 150 Å². The Bertz CT molecular complexity index is 1080. The Kier molecular flexibility index (Phi) is 3.93. The van der Waals surface area contributed by atoms with E-state index in [-0.39, 0.29) is 11.7 Å². The Hall–Kier alpha value is -3.54. The van der Waals surface area contributed by atoms with E-state index in [9.17, 15) is 4.79 Å². The van der Waals surface area contributed by atoms with Gasteiger partial charge in [0.1, 0.15) is 0 Å². The quantitative estimate of drug-likeness (QED) is 0.616. The van der Waals surface area contributed by atoms with Crippen molar-refractivity contribution in [2.24, 2.45) is 0 Å². The molecule has 0 aliphatic rings. The molecule has 6 heteroatoms. The summed E-state index contributed by atoms with van der Waals surface area (Å²) in [6.45, 7) is 3.79. The first-order valence-corrected chi connectivity index (χ1v) is 8.28. The molecule has 4 aromatic rings. The van der Waals surface area contributed by atoms with Crippen LogP contribution in [0.15, 0.2) is 60.7 Å². The maximum absolute atomic E-state index is 12.5. The molecule has 0 saturated carbocycles. The minimum atomic E-state index is -0.361. The van der Waals surface area contributed by atoms with E-state index in [1.54, 1.807) is 4.52 Å². The highest BCUT2D eigenvalue weighted by atomic mass is 16.2. The highest BCUT2D eigenvalue weighted by molar-refractivity contribution is 6.01. The molecular weight excluding hydrogens is 326 g/mol. The molecule has 26 heavy (non-hydrogen) atoms. The molecule has 0 radical (unpaired) electrons. The van der Waals surface area contributed by atoms with E-state index in [1.807, 2.05) is 74.5 Å². The zero-order chi connectivity index (χ0) is 18.1. The first-order chi connectivity index (χ1) is 12.6. The van der Waals surface area contributed by atoms with E-state index in [4.69, 9.17) is 0 Å². The Balaban J connectivity index is 1.56. The van der Waals surface area contributed by atoms with Crippen LogP contribution in [0.1, 0.15) is 22.0 Å². The predicted molar refractivity (Wildman–Crippen MR) is 100 cm³/mol. The Morgan fingerprint density at radius 3 is 2.35 bits per heavy atom. The molecule has 0 aliphatic heterocycles. The van der Waals surface area contributed by atoms with Gasteiger partial charge in [0, 0.05) is 17.1 Å². The van der Waals surface area contributed by atoms with Crippen LogP contribution in [0.4, 0.5) is 5.69 Å². The van der Waals surface area contributed by atoms with E-state index in [0.717, 1.165) is 22.5 Å². The van der Waals surface area contributed by atoms with E-state index in [2.05, 4.69) is 20.4 Å². The van der Waals surface area contributed by atoms with E-state index in [1.165, 1.54) is 0 Å². The van der Waals surface area contributed by atoms with Crippen LogP contribution in [0.2, 0.25) is 0 Å². The third-order valence-electron chi connectivity index (χ3n) is 4.07. The number of anilines is 1. The Morgan fingerprint density at radius 1 is 0.923 bits per heavy atom. The van der Waals surface area contributed by atoms with Crippen molar-refractivity contribution < 1.29 is 4.79 Å². The third-order valence-corrected chi connectivity index (χ3v) is 4.07. The van der Waals surface area contributed by atoms with Crippen LogP contribution in [0, 0.1) is 13.8 Å². The van der Waals surface area contributed by atoms with Crippen LogP contribution in [-0.4, -0.2) is 25.5 Å². The summed E-state index contributed by atoms with van der Waals surface area (Å²) in [6, 6.07) is 19.6. The molecule has 0 bridgehead atoms. The van der Waals surface area contributed by atoms with Gasteiger partial charge in [-0.05, 0) is 43.2 Å². The van der Waals surface area contributed by atoms with E-state index in [0.29, 0.717) is 11.5 Å². The van der Waals surface area contributed by atoms with Crippen LogP contribution in [-0.2, 0) is 0 Å². The molecule has 2 heterocycles. The summed E-state index contributed by atoms with van der Waals surface area (Å²) in [5.74, 6) is 0.158. The number of rotatable bonds is 3. The SMILES string of the molecule is Cc1cc(C)n2nc(C(=O)Nc3ccc(-c4ccccc4)cc3)nc2n1. The molecule has 0 unspecified atom stereocenters. The second kappa shape index (κ2) is 6.40. The fraction of sp³-hybridized carbons (Fsp3) is 0.100. The van der Waals surface area contributed by atoms with Gasteiger partial charge in [-0.15, -0.1) is 5.10 Å². The van der Waals surface area contributed by atoms with Gasteiger partial charge in [-0.1, -0.05) is 42.5 Å². The standard InChI is InChI=1S/C20H17N5O/c1-13-12-14(2)25-20(21-13)23-18(24-25)19(26)22-17-10-8-16(9-11-17)15-6-4-3-5-7-15/h3-12H,1-2H3,(H,22,26). The van der Waals surface area contributed by atoms with Crippen molar-refractivity contribution in [2.45, 2.75) is 13.8 Å². The van der Waals surface area contributed by atoms with Crippen molar-refractivity contribution >= 4 is 17.4 Å². The van der Waals surface area contributed by atoms with Crippen molar-refractivity contribution in [3.63, 3.8) is 0 Å². The van der Waals surface area contributed by atoms with Gasteiger partial charge in [0.05, 0.1) is 0 Å². The van der Waals surface area contributed by atoms with Gasteiger partial charge in [0.2, 0.25) is 5.82 Å². The maximum atomic E-state index is 12.5. The fourth-order valence-electron chi connectivity index (χ4n) is 2.83. The number of amides is 1. The van der Waals surface area contributed by atoms with E-state index < -0.39 is 0 Å². The normalized spacial score (nSPS) is 10.8. The lowest BCUT2D eigenvalue weighted by Crippen LogP contribution is -2.14. The van der Waals surface area contributed by atoms with Crippen molar-refractivity contribution in [3.8, 4) is 11.1 Å². The molecular formula is C20H17N5O. The summed E-state index contributed by atoms with van der Waals surface area (Å²) in [4.78, 5) is 21.0. The molecule has 0 fully saturated rings. The number of aryl methyl sites for hydroxylation is 2. The fourth-order valence-corrected chi connectivity index (χ4v) is 2.83. The van der Waals surface area contributed by atoms with Gasteiger partial charge in [-0.3, -0.25) is 4.79 Å². The third kappa shape index (κ3) is 3.04. The Morgan fingerprint density at radius 2 is 1.62 bits per heavy atom. The molecule has 1 amide bonds. The summed E-state index contributed by atoms with van der Waals surface area (Å²) in [5.41, 5.74) is 4.63. The van der Waals surface area contributed by atoms with Crippen LogP contribution in [0.3, 0.4) is 0 Å². The van der Waals surface area contributed by atoms with Crippen molar-refractivity contribution in [1.82, 2.24) is 19.6 Å². The number of nitrogens with one attached hydrogen (secondary N) is 1. The zero-order valence-corrected chi connectivity index (χ0v) is 14.5. The molecule has 1 N–H and O–H groups in total. The summed E-state index contributed by atoms with van der Waals surface area (Å²) in [5, 5.41) is 7.07. The maximum Gasteiger partial charge on any atom is 0.295 e.